The van der Waals surface area contributed by atoms with Crippen molar-refractivity contribution < 1.29 is 102 Å². The number of imide groups is 3. The molecule has 444 valence electrons. The normalized spacial score (nSPS) is 18.1. The van der Waals surface area contributed by atoms with Gasteiger partial charge in [-0.1, -0.05) is 36.4 Å². The van der Waals surface area contributed by atoms with E-state index in [-0.39, 0.29) is 81.8 Å². The summed E-state index contributed by atoms with van der Waals surface area (Å²) < 4.78 is 16.4. The summed E-state index contributed by atoms with van der Waals surface area (Å²) in [6.07, 6.45) is 4.89. The van der Waals surface area contributed by atoms with E-state index in [4.69, 9.17) is 14.6 Å². The number of methoxy groups -OCH3 is 1. The summed E-state index contributed by atoms with van der Waals surface area (Å²) in [5, 5.41) is 22.1. The van der Waals surface area contributed by atoms with Crippen molar-refractivity contribution in [1.29, 1.82) is 0 Å². The van der Waals surface area contributed by atoms with Crippen LogP contribution in [0.4, 0.5) is 35.3 Å². The molecule has 2 aromatic carbocycles. The summed E-state index contributed by atoms with van der Waals surface area (Å²) in [7, 11) is 1.34. The molecule has 0 saturated carbocycles. The Morgan fingerprint density at radius 2 is 0.988 bits per heavy atom. The number of aromatic carboxylic acids is 1. The van der Waals surface area contributed by atoms with E-state index in [2.05, 4.69) is 73.1 Å². The molecule has 3 spiro atoms. The van der Waals surface area contributed by atoms with Crippen LogP contribution in [0.2, 0.25) is 0 Å². The van der Waals surface area contributed by atoms with Crippen molar-refractivity contribution in [1.82, 2.24) is 46.4 Å². The third kappa shape index (κ3) is 18.2. The second kappa shape index (κ2) is 29.6. The molecular weight excluding hydrogens is 1270 g/mol. The van der Waals surface area contributed by atoms with Crippen molar-refractivity contribution >= 4 is 126 Å². The van der Waals surface area contributed by atoms with Crippen molar-refractivity contribution in [2.75, 3.05) is 56.2 Å². The largest absolute Gasteiger partial charge is 1.00 e. The van der Waals surface area contributed by atoms with Gasteiger partial charge in [-0.05, 0) is 149 Å². The van der Waals surface area contributed by atoms with Gasteiger partial charge in [0, 0.05) is 26.2 Å². The molecule has 6 fully saturated rings. The van der Waals surface area contributed by atoms with E-state index in [0.29, 0.717) is 88.8 Å². The molecule has 0 aliphatic carbocycles. The number of ether oxygens (including phenoxy) is 3. The van der Waals surface area contributed by atoms with E-state index in [9.17, 15) is 47.9 Å². The number of carboxylic acid groups (broad SMARTS) is 1. The minimum absolute atomic E-state index is 0. The third-order valence-electron chi connectivity index (χ3n) is 12.9. The van der Waals surface area contributed by atoms with Gasteiger partial charge < -0.3 is 55.9 Å². The van der Waals surface area contributed by atoms with Gasteiger partial charge in [-0.3, -0.25) is 19.7 Å². The molecule has 31 heteroatoms. The zero-order valence-electron chi connectivity index (χ0n) is 46.9. The molecule has 4 aromatic rings. The molecule has 8 heterocycles. The van der Waals surface area contributed by atoms with Gasteiger partial charge in [0.2, 0.25) is 0 Å². The summed E-state index contributed by atoms with van der Waals surface area (Å²) in [5.74, 6) is -1.96. The quantitative estimate of drug-likeness (QED) is 0.0725. The topological polar surface area (TPSA) is 348 Å². The molecule has 0 unspecified atom stereocenters. The van der Waals surface area contributed by atoms with Crippen molar-refractivity contribution in [3.8, 4) is 0 Å². The molecule has 7 N–H and O–H groups in total. The number of carbonyl (C=O) groups is 10. The van der Waals surface area contributed by atoms with E-state index in [0.717, 1.165) is 24.4 Å². The number of aromatic nitrogens is 2. The Morgan fingerprint density at radius 1 is 0.602 bits per heavy atom. The van der Waals surface area contributed by atoms with Gasteiger partial charge in [-0.2, -0.15) is 0 Å². The Morgan fingerprint density at radius 3 is 1.31 bits per heavy atom. The van der Waals surface area contributed by atoms with Crippen LogP contribution in [-0.2, 0) is 28.6 Å². The van der Waals surface area contributed by atoms with Gasteiger partial charge in [0.25, 0.3) is 17.7 Å². The first kappa shape index (κ1) is 69.4. The maximum absolute atomic E-state index is 12.9. The standard InChI is InChI=1S/C18H23N3O4.C13H15N3O2.C12H19N3O4.C5H4BrNO2S.C4H2BrNO2S.Na.H2O/c1-17(2,3)25-16(24)20-11-9-18(10-12-20)14(22)21(15(23)19-18)13-7-5-4-6-8-13;17-11-13(6-8-14-9-7-13)15-12(18)16(11)10-4-2-1-3-5-10;1-11(2,3)19-10(18)15-6-4-12(5-7-15)8(16)13-9(17)14-12;1-9-4(8)3-2-7-5(6)10-3;5-4-6-1-2(9-4)3(7)8;;/h4-8H,9-12H2,1-3H3,(H,19,23);1-5,14H,6-9H2,(H,15,18);4-7H2,1-3H3,(H2,13,14,16,17);2H,1H3;1H,(H,7,8);;1H2/q;;;;;+1;/p-1. The Hall–Kier alpha value is -6.12. The van der Waals surface area contributed by atoms with E-state index >= 15 is 0 Å². The molecule has 0 radical (unpaired) electrons. The van der Waals surface area contributed by atoms with Gasteiger partial charge in [-0.25, -0.2) is 53.3 Å². The summed E-state index contributed by atoms with van der Waals surface area (Å²) in [5.41, 5.74) is -2.40. The Kier molecular flexibility index (Phi) is 24.7. The number of halogens is 2. The number of likely N-dealkylation sites (tertiary alicyclic amines) is 2. The maximum Gasteiger partial charge on any atom is 1.00 e. The smallest absolute Gasteiger partial charge is 0.870 e. The zero-order chi connectivity index (χ0) is 59.5. The van der Waals surface area contributed by atoms with Gasteiger partial charge in [-0.15, -0.1) is 22.7 Å². The fourth-order valence-corrected chi connectivity index (χ4v) is 11.2. The fraction of sp³-hybridized carbons (Fsp3) is 0.462. The molecule has 0 atom stereocenters. The maximum atomic E-state index is 12.9. The Bertz CT molecular complexity index is 2980. The third-order valence-corrected chi connectivity index (χ3v) is 15.8. The number of esters is 1. The van der Waals surface area contributed by atoms with Crippen LogP contribution in [0.3, 0.4) is 0 Å². The van der Waals surface area contributed by atoms with Crippen LogP contribution in [0.25, 0.3) is 0 Å². The Labute approximate surface area is 525 Å². The first-order valence-electron chi connectivity index (χ1n) is 25.4. The SMILES string of the molecule is CC(C)(C)OC(=O)N1CCC2(CC1)NC(=O)N(c1ccccc1)C2=O.CC(C)(C)OC(=O)N1CCC2(CC1)NC(=O)NC2=O.COC(=O)c1cnc(Br)s1.O=C(O)c1cnc(Br)s1.O=C1NC2(CCNCC2)C(=O)N1c1ccccc1.[Na+].[OH-]. The summed E-state index contributed by atoms with van der Waals surface area (Å²) in [6, 6.07) is 16.7. The van der Waals surface area contributed by atoms with E-state index in [1.165, 1.54) is 40.6 Å². The fourth-order valence-electron chi connectivity index (χ4n) is 8.87. The van der Waals surface area contributed by atoms with Gasteiger partial charge in [0.05, 0.1) is 30.9 Å². The monoisotopic (exact) mass is 1330 g/mol. The van der Waals surface area contributed by atoms with Gasteiger partial charge in [0.1, 0.15) is 37.6 Å². The predicted molar refractivity (Wildman–Crippen MR) is 306 cm³/mol. The van der Waals surface area contributed by atoms with E-state index in [1.54, 1.807) is 67.0 Å². The average Bonchev–Trinajstić information content (AvgIpc) is 4.44. The number of nitrogens with zero attached hydrogens (tertiary/aromatic N) is 6. The number of urea groups is 3. The van der Waals surface area contributed by atoms with Crippen LogP contribution < -0.4 is 65.9 Å². The van der Waals surface area contributed by atoms with Crippen LogP contribution in [0.5, 0.6) is 0 Å². The van der Waals surface area contributed by atoms with Crippen molar-refractivity contribution in [3.05, 3.63) is 90.6 Å². The molecule has 6 saturated heterocycles. The molecule has 6 aliphatic rings. The number of hydrogen-bond acceptors (Lipinski definition) is 19. The van der Waals surface area contributed by atoms with Crippen molar-refractivity contribution in [3.63, 3.8) is 0 Å². The summed E-state index contributed by atoms with van der Waals surface area (Å²) in [6.45, 7) is 13.9. The average molecular weight is 1330 g/mol. The van der Waals surface area contributed by atoms with Gasteiger partial charge in [0.15, 0.2) is 7.83 Å². The second-order valence-corrected chi connectivity index (χ2v) is 25.5. The van der Waals surface area contributed by atoms with Crippen LogP contribution in [0.1, 0.15) is 99.4 Å². The van der Waals surface area contributed by atoms with Crippen LogP contribution in [-0.4, -0.2) is 164 Å². The number of thiazole rings is 2. The minimum Gasteiger partial charge on any atom is -0.870 e. The summed E-state index contributed by atoms with van der Waals surface area (Å²) >= 11 is 8.53. The molecule has 10 rings (SSSR count). The molecule has 26 nitrogen and oxygen atoms in total. The molecule has 0 bridgehead atoms. The number of benzene rings is 2. The van der Waals surface area contributed by atoms with Gasteiger partial charge >= 0.3 is 71.8 Å². The number of carboxylic acids is 1. The van der Waals surface area contributed by atoms with Crippen LogP contribution >= 0.6 is 54.5 Å². The number of amides is 11. The molecule has 2 aromatic heterocycles. The number of hydrogen-bond donors (Lipinski definition) is 6. The van der Waals surface area contributed by atoms with Crippen LogP contribution in [0.15, 0.2) is 80.9 Å². The number of piperidine rings is 3. The predicted octanol–water partition coefficient (Wildman–Crippen LogP) is 4.10. The number of nitrogens with one attached hydrogen (secondary N) is 5. The minimum atomic E-state index is -0.939. The number of rotatable bonds is 4. The van der Waals surface area contributed by atoms with Crippen LogP contribution in [0, 0.1) is 0 Å². The van der Waals surface area contributed by atoms with E-state index < -0.39 is 45.9 Å². The second-order valence-electron chi connectivity index (χ2n) is 20.9. The summed E-state index contributed by atoms with van der Waals surface area (Å²) in [4.78, 5) is 132. The number of carbonyl (C=O) groups excluding carboxylic acids is 9. The van der Waals surface area contributed by atoms with Crippen molar-refractivity contribution in [2.24, 2.45) is 0 Å². The molecule has 83 heavy (non-hydrogen) atoms. The van der Waals surface area contributed by atoms with E-state index in [1.807, 2.05) is 45.0 Å². The Balaban J connectivity index is 0.000000231. The van der Waals surface area contributed by atoms with Crippen molar-refractivity contribution in [2.45, 2.75) is 108 Å². The molecule has 11 amide bonds. The molecular formula is C52H64Br2N11NaO15S2. The number of anilines is 2. The number of para-hydroxylation sites is 2. The first-order chi connectivity index (χ1) is 38.1. The first-order valence-corrected chi connectivity index (χ1v) is 28.6. The molecule has 6 aliphatic heterocycles. The zero-order valence-corrected chi connectivity index (χ0v) is 53.7.